The summed E-state index contributed by atoms with van der Waals surface area (Å²) < 4.78 is 1.53. The first-order chi connectivity index (χ1) is 11.2. The van der Waals surface area contributed by atoms with Gasteiger partial charge < -0.3 is 15.8 Å². The zero-order chi connectivity index (χ0) is 16.0. The number of aliphatic hydroxyl groups is 1. The molecule has 114 valence electrons. The first-order valence-electron chi connectivity index (χ1n) is 7.18. The maximum absolute atomic E-state index is 12.4. The third-order valence-electron chi connectivity index (χ3n) is 3.92. The number of fused-ring (bicyclic) bond motifs is 3. The van der Waals surface area contributed by atoms with Crippen molar-refractivity contribution in [2.75, 3.05) is 5.73 Å². The first kappa shape index (κ1) is 13.5. The van der Waals surface area contributed by atoms with E-state index in [1.54, 1.807) is 6.07 Å². The average Bonchev–Trinajstić information content (AvgIpc) is 2.93. The van der Waals surface area contributed by atoms with E-state index in [9.17, 15) is 9.90 Å². The molecule has 6 nitrogen and oxygen atoms in total. The van der Waals surface area contributed by atoms with E-state index in [-0.39, 0.29) is 18.0 Å². The number of H-pyrrole nitrogens is 1. The van der Waals surface area contributed by atoms with Gasteiger partial charge in [0.05, 0.1) is 17.8 Å². The Morgan fingerprint density at radius 1 is 1.17 bits per heavy atom. The molecule has 0 radical (unpaired) electrons. The van der Waals surface area contributed by atoms with Crippen LogP contribution in [0.4, 0.5) is 5.82 Å². The molecule has 0 unspecified atom stereocenters. The largest absolute Gasteiger partial charge is 0.392 e. The van der Waals surface area contributed by atoms with Gasteiger partial charge in [0.25, 0.3) is 5.56 Å². The van der Waals surface area contributed by atoms with Crippen LogP contribution >= 0.6 is 0 Å². The molecule has 2 aromatic carbocycles. The number of aliphatic hydroxyl groups excluding tert-OH is 1. The summed E-state index contributed by atoms with van der Waals surface area (Å²) in [6.07, 6.45) is 0. The van der Waals surface area contributed by atoms with Gasteiger partial charge in [-0.15, -0.1) is 0 Å². The van der Waals surface area contributed by atoms with Crippen LogP contribution in [0, 0.1) is 0 Å². The number of nitrogens with one attached hydrogen (secondary N) is 1. The lowest BCUT2D eigenvalue weighted by Crippen LogP contribution is -2.08. The highest BCUT2D eigenvalue weighted by atomic mass is 16.3. The molecule has 0 spiro atoms. The number of aromatic amines is 1. The van der Waals surface area contributed by atoms with Crippen molar-refractivity contribution >= 4 is 27.6 Å². The van der Waals surface area contributed by atoms with Gasteiger partial charge in [0.2, 0.25) is 0 Å². The molecule has 2 heterocycles. The van der Waals surface area contributed by atoms with Gasteiger partial charge in [0, 0.05) is 5.39 Å². The van der Waals surface area contributed by atoms with Gasteiger partial charge in [-0.05, 0) is 23.8 Å². The standard InChI is InChI=1S/C17H14N4O2/c18-16-14-15(12-6-1-2-7-13(12)19-17(14)23)20-21(16)11-5-3-4-10(8-11)9-22/h1-8,22H,9,18H2,(H,19,23). The second-order valence-electron chi connectivity index (χ2n) is 5.35. The van der Waals surface area contributed by atoms with Crippen LogP contribution in [0.15, 0.2) is 53.3 Å². The number of anilines is 1. The van der Waals surface area contributed by atoms with Gasteiger partial charge in [-0.1, -0.05) is 30.3 Å². The first-order valence-corrected chi connectivity index (χ1v) is 7.18. The van der Waals surface area contributed by atoms with E-state index < -0.39 is 0 Å². The summed E-state index contributed by atoms with van der Waals surface area (Å²) >= 11 is 0. The maximum atomic E-state index is 12.4. The molecular weight excluding hydrogens is 292 g/mol. The lowest BCUT2D eigenvalue weighted by molar-refractivity contribution is 0.282. The Hall–Kier alpha value is -3.12. The summed E-state index contributed by atoms with van der Waals surface area (Å²) in [4.78, 5) is 15.2. The second-order valence-corrected chi connectivity index (χ2v) is 5.35. The highest BCUT2D eigenvalue weighted by molar-refractivity contribution is 6.06. The van der Waals surface area contributed by atoms with Crippen molar-refractivity contribution in [3.63, 3.8) is 0 Å². The van der Waals surface area contributed by atoms with Crippen LogP contribution in [0.2, 0.25) is 0 Å². The second kappa shape index (κ2) is 4.96. The number of rotatable bonds is 2. The lowest BCUT2D eigenvalue weighted by Gasteiger charge is -2.05. The lowest BCUT2D eigenvalue weighted by atomic mass is 10.1. The summed E-state index contributed by atoms with van der Waals surface area (Å²) in [7, 11) is 0. The number of benzene rings is 2. The SMILES string of the molecule is Nc1c2c(=O)[nH]c3ccccc3c2nn1-c1cccc(CO)c1. The van der Waals surface area contributed by atoms with Gasteiger partial charge in [-0.3, -0.25) is 4.79 Å². The minimum Gasteiger partial charge on any atom is -0.392 e. The van der Waals surface area contributed by atoms with Crippen LogP contribution in [-0.4, -0.2) is 19.9 Å². The van der Waals surface area contributed by atoms with Gasteiger partial charge in [0.15, 0.2) is 0 Å². The molecule has 0 atom stereocenters. The molecule has 0 saturated carbocycles. The molecule has 23 heavy (non-hydrogen) atoms. The predicted octanol–water partition coefficient (Wildman–Crippen LogP) is 1.94. The van der Waals surface area contributed by atoms with Crippen LogP contribution in [0.25, 0.3) is 27.5 Å². The Labute approximate surface area is 130 Å². The quantitative estimate of drug-likeness (QED) is 0.527. The molecule has 0 aliphatic rings. The number of hydrogen-bond donors (Lipinski definition) is 3. The third-order valence-corrected chi connectivity index (χ3v) is 3.92. The summed E-state index contributed by atoms with van der Waals surface area (Å²) in [6, 6.07) is 14.7. The van der Waals surface area contributed by atoms with Gasteiger partial charge >= 0.3 is 0 Å². The van der Waals surface area contributed by atoms with Crippen molar-refractivity contribution in [3.05, 3.63) is 64.4 Å². The molecule has 2 aromatic heterocycles. The number of nitrogens with two attached hydrogens (primary N) is 1. The normalized spacial score (nSPS) is 11.3. The van der Waals surface area contributed by atoms with E-state index in [1.807, 2.05) is 42.5 Å². The fraction of sp³-hybridized carbons (Fsp3) is 0.0588. The number of hydrogen-bond acceptors (Lipinski definition) is 4. The van der Waals surface area contributed by atoms with Crippen molar-refractivity contribution < 1.29 is 5.11 Å². The average molecular weight is 306 g/mol. The van der Waals surface area contributed by atoms with E-state index in [1.165, 1.54) is 4.68 Å². The van der Waals surface area contributed by atoms with Crippen LogP contribution in [-0.2, 0) is 6.61 Å². The molecule has 0 aliphatic carbocycles. The molecule has 4 rings (SSSR count). The smallest absolute Gasteiger partial charge is 0.261 e. The van der Waals surface area contributed by atoms with Crippen LogP contribution in [0.3, 0.4) is 0 Å². The molecule has 0 amide bonds. The zero-order valence-corrected chi connectivity index (χ0v) is 12.2. The number of para-hydroxylation sites is 1. The molecule has 0 aliphatic heterocycles. The van der Waals surface area contributed by atoms with Crippen LogP contribution in [0.1, 0.15) is 5.56 Å². The van der Waals surface area contributed by atoms with E-state index in [0.29, 0.717) is 16.6 Å². The molecule has 0 fully saturated rings. The minimum absolute atomic E-state index is 0.0714. The van der Waals surface area contributed by atoms with E-state index in [4.69, 9.17) is 5.73 Å². The molecule has 4 N–H and O–H groups in total. The molecule has 4 aromatic rings. The fourth-order valence-electron chi connectivity index (χ4n) is 2.81. The summed E-state index contributed by atoms with van der Waals surface area (Å²) in [5.41, 5.74) is 8.65. The van der Waals surface area contributed by atoms with Gasteiger partial charge in [-0.2, -0.15) is 5.10 Å². The number of pyridine rings is 1. The highest BCUT2D eigenvalue weighted by Crippen LogP contribution is 2.26. The van der Waals surface area contributed by atoms with Crippen LogP contribution in [0.5, 0.6) is 0 Å². The Morgan fingerprint density at radius 3 is 2.83 bits per heavy atom. The maximum Gasteiger partial charge on any atom is 0.261 e. The van der Waals surface area contributed by atoms with Crippen molar-refractivity contribution in [3.8, 4) is 5.69 Å². The number of nitrogens with zero attached hydrogens (tertiary/aromatic N) is 2. The van der Waals surface area contributed by atoms with Gasteiger partial charge in [0.1, 0.15) is 16.7 Å². The summed E-state index contributed by atoms with van der Waals surface area (Å²) in [6.45, 7) is -0.0714. The zero-order valence-electron chi connectivity index (χ0n) is 12.2. The van der Waals surface area contributed by atoms with E-state index in [0.717, 1.165) is 16.5 Å². The van der Waals surface area contributed by atoms with Crippen molar-refractivity contribution in [1.82, 2.24) is 14.8 Å². The Balaban J connectivity index is 2.09. The van der Waals surface area contributed by atoms with Crippen LogP contribution < -0.4 is 11.3 Å². The minimum atomic E-state index is -0.263. The molecule has 6 heteroatoms. The Morgan fingerprint density at radius 2 is 2.00 bits per heavy atom. The van der Waals surface area contributed by atoms with Gasteiger partial charge in [-0.25, -0.2) is 4.68 Å². The summed E-state index contributed by atoms with van der Waals surface area (Å²) in [5.74, 6) is 0.280. The van der Waals surface area contributed by atoms with E-state index >= 15 is 0 Å². The fourth-order valence-corrected chi connectivity index (χ4v) is 2.81. The number of aromatic nitrogens is 3. The van der Waals surface area contributed by atoms with E-state index in [2.05, 4.69) is 10.1 Å². The number of nitrogen functional groups attached to an aromatic ring is 1. The van der Waals surface area contributed by atoms with Crippen molar-refractivity contribution in [1.29, 1.82) is 0 Å². The molecule has 0 saturated heterocycles. The van der Waals surface area contributed by atoms with Crippen molar-refractivity contribution in [2.24, 2.45) is 0 Å². The topological polar surface area (TPSA) is 96.9 Å². The molecule has 0 bridgehead atoms. The van der Waals surface area contributed by atoms with Crippen molar-refractivity contribution in [2.45, 2.75) is 6.61 Å². The Bertz CT molecular complexity index is 1090. The molecular formula is C17H14N4O2. The third kappa shape index (κ3) is 2.00. The predicted molar refractivity (Wildman–Crippen MR) is 89.5 cm³/mol. The Kier molecular flexibility index (Phi) is 2.92. The summed E-state index contributed by atoms with van der Waals surface area (Å²) in [5, 5.41) is 15.0. The monoisotopic (exact) mass is 306 g/mol. The highest BCUT2D eigenvalue weighted by Gasteiger charge is 2.16.